The van der Waals surface area contributed by atoms with Crippen LogP contribution in [0.1, 0.15) is 21.7 Å². The van der Waals surface area contributed by atoms with Gasteiger partial charge in [-0.15, -0.1) is 11.8 Å². The molecule has 3 aromatic rings. The first-order valence-electron chi connectivity index (χ1n) is 7.45. The van der Waals surface area contributed by atoms with E-state index in [0.29, 0.717) is 11.5 Å². The van der Waals surface area contributed by atoms with Gasteiger partial charge >= 0.3 is 0 Å². The average Bonchev–Trinajstić information content (AvgIpc) is 3.05. The number of nitrogens with one attached hydrogen (secondary N) is 1. The third kappa shape index (κ3) is 4.21. The number of anilines is 1. The Kier molecular flexibility index (Phi) is 5.63. The Morgan fingerprint density at radius 2 is 1.96 bits per heavy atom. The number of rotatable bonds is 5. The molecule has 5 heteroatoms. The van der Waals surface area contributed by atoms with E-state index >= 15 is 0 Å². The lowest BCUT2D eigenvalue weighted by Crippen LogP contribution is -2.13. The third-order valence-corrected chi connectivity index (χ3v) is 5.26. The van der Waals surface area contributed by atoms with E-state index in [1.165, 1.54) is 4.90 Å². The fourth-order valence-electron chi connectivity index (χ4n) is 2.27. The molecule has 0 radical (unpaired) electrons. The van der Waals surface area contributed by atoms with Crippen LogP contribution in [0.25, 0.3) is 0 Å². The number of aryl methyl sites for hydroxylation is 1. The molecule has 1 amide bonds. The maximum atomic E-state index is 12.5. The van der Waals surface area contributed by atoms with Crippen molar-refractivity contribution in [1.29, 1.82) is 0 Å². The van der Waals surface area contributed by atoms with Gasteiger partial charge in [-0.05, 0) is 71.5 Å². The van der Waals surface area contributed by atoms with Gasteiger partial charge in [0.05, 0.1) is 6.26 Å². The molecule has 2 aromatic carbocycles. The van der Waals surface area contributed by atoms with Gasteiger partial charge in [-0.3, -0.25) is 4.79 Å². The fraction of sp³-hybridized carbons (Fsp3) is 0.105. The second-order valence-electron chi connectivity index (χ2n) is 5.29. The van der Waals surface area contributed by atoms with Crippen LogP contribution in [-0.4, -0.2) is 5.91 Å². The lowest BCUT2D eigenvalue weighted by Gasteiger charge is -2.08. The first-order valence-corrected chi connectivity index (χ1v) is 9.51. The highest BCUT2D eigenvalue weighted by atomic mass is 127. The summed E-state index contributed by atoms with van der Waals surface area (Å²) in [4.78, 5) is 13.7. The Labute approximate surface area is 159 Å². The van der Waals surface area contributed by atoms with Gasteiger partial charge in [0, 0.05) is 25.5 Å². The monoisotopic (exact) mass is 449 g/mol. The number of thioether (sulfide) groups is 1. The largest absolute Gasteiger partial charge is 0.459 e. The molecule has 0 aliphatic rings. The number of furan rings is 1. The Bertz CT molecular complexity index is 846. The topological polar surface area (TPSA) is 42.2 Å². The zero-order valence-corrected chi connectivity index (χ0v) is 16.1. The van der Waals surface area contributed by atoms with E-state index < -0.39 is 0 Å². The van der Waals surface area contributed by atoms with Crippen molar-refractivity contribution in [3.63, 3.8) is 0 Å². The van der Waals surface area contributed by atoms with E-state index in [4.69, 9.17) is 4.42 Å². The van der Waals surface area contributed by atoms with Crippen LogP contribution in [0.4, 0.5) is 5.69 Å². The second-order valence-corrected chi connectivity index (χ2v) is 7.58. The average molecular weight is 449 g/mol. The lowest BCUT2D eigenvalue weighted by atomic mass is 10.2. The molecule has 1 N–H and O–H groups in total. The van der Waals surface area contributed by atoms with Crippen LogP contribution in [0.2, 0.25) is 0 Å². The molecule has 24 heavy (non-hydrogen) atoms. The van der Waals surface area contributed by atoms with Crippen LogP contribution in [-0.2, 0) is 5.75 Å². The summed E-state index contributed by atoms with van der Waals surface area (Å²) in [6, 6.07) is 17.9. The lowest BCUT2D eigenvalue weighted by molar-refractivity contribution is 0.0995. The fourth-order valence-corrected chi connectivity index (χ4v) is 3.82. The Hall–Kier alpha value is -1.73. The van der Waals surface area contributed by atoms with Crippen LogP contribution >= 0.6 is 34.4 Å². The van der Waals surface area contributed by atoms with Gasteiger partial charge in [0.1, 0.15) is 0 Å². The molecule has 0 saturated carbocycles. The van der Waals surface area contributed by atoms with Crippen molar-refractivity contribution in [2.24, 2.45) is 0 Å². The van der Waals surface area contributed by atoms with Gasteiger partial charge in [0.15, 0.2) is 5.76 Å². The number of hydrogen-bond acceptors (Lipinski definition) is 3. The minimum atomic E-state index is -0.215. The summed E-state index contributed by atoms with van der Waals surface area (Å²) in [5.41, 5.74) is 2.73. The quantitative estimate of drug-likeness (QED) is 0.399. The third-order valence-electron chi connectivity index (χ3n) is 3.53. The molecule has 3 nitrogen and oxygen atoms in total. The van der Waals surface area contributed by atoms with E-state index in [-0.39, 0.29) is 5.91 Å². The molecule has 1 aromatic heterocycles. The van der Waals surface area contributed by atoms with E-state index in [9.17, 15) is 4.79 Å². The highest BCUT2D eigenvalue weighted by Crippen LogP contribution is 2.26. The number of carbonyl (C=O) groups excluding carboxylic acids is 1. The minimum absolute atomic E-state index is 0.215. The van der Waals surface area contributed by atoms with Crippen LogP contribution in [0.5, 0.6) is 0 Å². The van der Waals surface area contributed by atoms with Gasteiger partial charge in [0.2, 0.25) is 0 Å². The molecule has 1 heterocycles. The molecule has 0 atom stereocenters. The first-order chi connectivity index (χ1) is 11.6. The van der Waals surface area contributed by atoms with E-state index in [1.54, 1.807) is 18.0 Å². The highest BCUT2D eigenvalue weighted by Gasteiger charge is 2.16. The molecular weight excluding hydrogens is 433 g/mol. The van der Waals surface area contributed by atoms with Crippen LogP contribution in [0, 0.1) is 10.5 Å². The number of amides is 1. The molecule has 0 unspecified atom stereocenters. The predicted molar refractivity (Wildman–Crippen MR) is 107 cm³/mol. The smallest absolute Gasteiger partial charge is 0.291 e. The molecule has 0 fully saturated rings. The van der Waals surface area contributed by atoms with Gasteiger partial charge in [-0.25, -0.2) is 0 Å². The van der Waals surface area contributed by atoms with Crippen molar-refractivity contribution >= 4 is 45.9 Å². The zero-order valence-electron chi connectivity index (χ0n) is 13.1. The van der Waals surface area contributed by atoms with E-state index in [2.05, 4.69) is 40.0 Å². The van der Waals surface area contributed by atoms with Gasteiger partial charge in [0.25, 0.3) is 5.91 Å². The van der Waals surface area contributed by atoms with Crippen molar-refractivity contribution in [3.05, 3.63) is 81.3 Å². The summed E-state index contributed by atoms with van der Waals surface area (Å²) in [7, 11) is 0. The van der Waals surface area contributed by atoms with E-state index in [1.807, 2.05) is 49.4 Å². The van der Waals surface area contributed by atoms with Crippen LogP contribution in [0.15, 0.2) is 70.2 Å². The van der Waals surface area contributed by atoms with Crippen molar-refractivity contribution in [1.82, 2.24) is 0 Å². The van der Waals surface area contributed by atoms with E-state index in [0.717, 1.165) is 20.4 Å². The second kappa shape index (κ2) is 7.90. The molecule has 0 spiro atoms. The molecule has 0 aliphatic heterocycles. The van der Waals surface area contributed by atoms with Crippen molar-refractivity contribution < 1.29 is 9.21 Å². The standard InChI is InChI=1S/C19H16INO2S/c1-13-11-15(20)7-8-17(13)21-19(22)18-14(9-10-23-18)12-24-16-5-3-2-4-6-16/h2-11H,12H2,1H3,(H,21,22). The van der Waals surface area contributed by atoms with Gasteiger partial charge < -0.3 is 9.73 Å². The van der Waals surface area contributed by atoms with Gasteiger partial charge in [-0.2, -0.15) is 0 Å². The van der Waals surface area contributed by atoms with Crippen molar-refractivity contribution in [2.75, 3.05) is 5.32 Å². The maximum absolute atomic E-state index is 12.5. The number of carbonyl (C=O) groups is 1. The summed E-state index contributed by atoms with van der Waals surface area (Å²) in [6.07, 6.45) is 1.57. The summed E-state index contributed by atoms with van der Waals surface area (Å²) >= 11 is 3.93. The Balaban J connectivity index is 1.71. The normalized spacial score (nSPS) is 10.6. The number of hydrogen-bond donors (Lipinski definition) is 1. The zero-order chi connectivity index (χ0) is 16.9. The summed E-state index contributed by atoms with van der Waals surface area (Å²) in [5, 5.41) is 2.93. The maximum Gasteiger partial charge on any atom is 0.291 e. The summed E-state index contributed by atoms with van der Waals surface area (Å²) < 4.78 is 6.56. The predicted octanol–water partition coefficient (Wildman–Crippen LogP) is 5.74. The SMILES string of the molecule is Cc1cc(I)ccc1NC(=O)c1occc1CSc1ccccc1. The summed E-state index contributed by atoms with van der Waals surface area (Å²) in [6.45, 7) is 1.98. The van der Waals surface area contributed by atoms with Crippen LogP contribution < -0.4 is 5.32 Å². The van der Waals surface area contributed by atoms with Crippen LogP contribution in [0.3, 0.4) is 0 Å². The Morgan fingerprint density at radius 3 is 2.71 bits per heavy atom. The molecule has 0 saturated heterocycles. The number of halogens is 1. The highest BCUT2D eigenvalue weighted by molar-refractivity contribution is 14.1. The molecule has 3 rings (SSSR count). The minimum Gasteiger partial charge on any atom is -0.459 e. The molecule has 0 aliphatic carbocycles. The van der Waals surface area contributed by atoms with Gasteiger partial charge in [-0.1, -0.05) is 18.2 Å². The molecule has 122 valence electrons. The summed E-state index contributed by atoms with van der Waals surface area (Å²) in [5.74, 6) is 0.846. The number of benzene rings is 2. The Morgan fingerprint density at radius 1 is 1.17 bits per heavy atom. The molecule has 0 bridgehead atoms. The van der Waals surface area contributed by atoms with Crippen molar-refractivity contribution in [2.45, 2.75) is 17.6 Å². The molecular formula is C19H16INO2S. The first kappa shape index (κ1) is 17.1. The van der Waals surface area contributed by atoms with Crippen molar-refractivity contribution in [3.8, 4) is 0 Å².